The number of hydrogen-bond acceptors (Lipinski definition) is 4. The van der Waals surface area contributed by atoms with Gasteiger partial charge in [0.05, 0.1) is 16.7 Å². The second-order valence-electron chi connectivity index (χ2n) is 8.06. The molecule has 1 aliphatic carbocycles. The summed E-state index contributed by atoms with van der Waals surface area (Å²) in [6.45, 7) is 0.285. The Balaban J connectivity index is 0.00000272. The highest BCUT2D eigenvalue weighted by atomic mass is 127. The molecule has 0 amide bonds. The van der Waals surface area contributed by atoms with E-state index in [1.165, 1.54) is 12.8 Å². The Hall–Kier alpha value is -1.81. The van der Waals surface area contributed by atoms with Gasteiger partial charge in [0.25, 0.3) is 0 Å². The molecule has 2 aliphatic rings. The Bertz CT molecular complexity index is 1010. The molecule has 4 rings (SSSR count). The van der Waals surface area contributed by atoms with Crippen LogP contribution in [0.25, 0.3) is 0 Å². The van der Waals surface area contributed by atoms with Crippen LogP contribution in [-0.2, 0) is 9.84 Å². The molecule has 0 saturated heterocycles. The number of aliphatic imine (C=N–C) groups is 1. The van der Waals surface area contributed by atoms with Gasteiger partial charge in [-0.05, 0) is 43.9 Å². The van der Waals surface area contributed by atoms with Crippen LogP contribution < -0.4 is 15.4 Å². The third-order valence-electron chi connectivity index (χ3n) is 6.01. The highest BCUT2D eigenvalue weighted by molar-refractivity contribution is 14.0. The summed E-state index contributed by atoms with van der Waals surface area (Å²) in [5, 5.41) is 6.67. The van der Waals surface area contributed by atoms with Crippen molar-refractivity contribution in [1.29, 1.82) is 0 Å². The van der Waals surface area contributed by atoms with Crippen LogP contribution in [0, 0.1) is 0 Å². The van der Waals surface area contributed by atoms with Crippen molar-refractivity contribution in [2.24, 2.45) is 4.99 Å². The first-order valence-corrected chi connectivity index (χ1v) is 12.2. The van der Waals surface area contributed by atoms with Gasteiger partial charge in [-0.1, -0.05) is 36.4 Å². The fourth-order valence-corrected chi connectivity index (χ4v) is 5.66. The van der Waals surface area contributed by atoms with Crippen LogP contribution in [0.3, 0.4) is 0 Å². The quantitative estimate of drug-likeness (QED) is 0.330. The Morgan fingerprint density at radius 3 is 2.48 bits per heavy atom. The average Bonchev–Trinajstić information content (AvgIpc) is 3.20. The first-order chi connectivity index (χ1) is 14.5. The van der Waals surface area contributed by atoms with Crippen molar-refractivity contribution in [3.05, 3.63) is 60.2 Å². The maximum absolute atomic E-state index is 12.5. The summed E-state index contributed by atoms with van der Waals surface area (Å²) >= 11 is 0. The average molecular weight is 555 g/mol. The molecule has 1 atom stereocenters. The van der Waals surface area contributed by atoms with E-state index in [-0.39, 0.29) is 47.9 Å². The molecule has 2 N–H and O–H groups in total. The van der Waals surface area contributed by atoms with Gasteiger partial charge in [-0.2, -0.15) is 0 Å². The van der Waals surface area contributed by atoms with Crippen LogP contribution in [-0.4, -0.2) is 39.3 Å². The molecule has 2 aromatic carbocycles. The summed E-state index contributed by atoms with van der Waals surface area (Å²) in [5.41, 5.74) is 1.01. The first kappa shape index (κ1) is 23.8. The second-order valence-corrected chi connectivity index (χ2v) is 10.2. The number of ether oxygens (including phenoxy) is 1. The number of guanidine groups is 1. The molecule has 0 bridgehead atoms. The van der Waals surface area contributed by atoms with E-state index >= 15 is 0 Å². The highest BCUT2D eigenvalue weighted by Crippen LogP contribution is 2.46. The zero-order valence-corrected chi connectivity index (χ0v) is 20.9. The third-order valence-corrected chi connectivity index (χ3v) is 7.74. The standard InChI is InChI=1S/C23H29N3O3S.HI/c1-24-22(25-15-16-30(27,28)18-9-3-2-4-10-18)26-20-17-23(13-7-8-14-23)29-21-12-6-5-11-19(20)21;/h2-6,9-12,20H,7-8,13-17H2,1H3,(H2,24,25,26);1H. The van der Waals surface area contributed by atoms with Crippen molar-refractivity contribution in [2.75, 3.05) is 19.3 Å². The van der Waals surface area contributed by atoms with Gasteiger partial charge in [-0.25, -0.2) is 8.42 Å². The molecule has 1 spiro atoms. The van der Waals surface area contributed by atoms with Gasteiger partial charge in [-0.15, -0.1) is 24.0 Å². The molecule has 0 aromatic heterocycles. The second kappa shape index (κ2) is 10.2. The number of halogens is 1. The smallest absolute Gasteiger partial charge is 0.191 e. The van der Waals surface area contributed by atoms with Crippen molar-refractivity contribution in [3.8, 4) is 5.75 Å². The minimum atomic E-state index is -3.33. The minimum absolute atomic E-state index is 0. The Morgan fingerprint density at radius 2 is 1.77 bits per heavy atom. The topological polar surface area (TPSA) is 79.8 Å². The van der Waals surface area contributed by atoms with Gasteiger partial charge in [0, 0.05) is 25.6 Å². The van der Waals surface area contributed by atoms with Crippen molar-refractivity contribution in [1.82, 2.24) is 10.6 Å². The summed E-state index contributed by atoms with van der Waals surface area (Å²) in [6.07, 6.45) is 5.41. The number of nitrogens with zero attached hydrogens (tertiary/aromatic N) is 1. The lowest BCUT2D eigenvalue weighted by atomic mass is 9.86. The van der Waals surface area contributed by atoms with Gasteiger partial charge >= 0.3 is 0 Å². The number of benzene rings is 2. The largest absolute Gasteiger partial charge is 0.487 e. The van der Waals surface area contributed by atoms with Gasteiger partial charge < -0.3 is 15.4 Å². The molecule has 168 valence electrons. The van der Waals surface area contributed by atoms with E-state index in [0.29, 0.717) is 10.9 Å². The molecule has 8 heteroatoms. The van der Waals surface area contributed by atoms with E-state index in [1.807, 2.05) is 24.3 Å². The van der Waals surface area contributed by atoms with Crippen LogP contribution in [0.5, 0.6) is 5.75 Å². The van der Waals surface area contributed by atoms with Gasteiger partial charge in [0.15, 0.2) is 15.8 Å². The first-order valence-electron chi connectivity index (χ1n) is 10.5. The van der Waals surface area contributed by atoms with E-state index in [9.17, 15) is 8.42 Å². The monoisotopic (exact) mass is 555 g/mol. The molecular formula is C23H30IN3O3S. The zero-order chi connectivity index (χ0) is 21.0. The van der Waals surface area contributed by atoms with Crippen LogP contribution in [0.1, 0.15) is 43.7 Å². The Morgan fingerprint density at radius 1 is 1.10 bits per heavy atom. The number of para-hydroxylation sites is 1. The van der Waals surface area contributed by atoms with Gasteiger partial charge in [0.2, 0.25) is 0 Å². The van der Waals surface area contributed by atoms with Crippen LogP contribution in [0.4, 0.5) is 0 Å². The van der Waals surface area contributed by atoms with Gasteiger partial charge in [-0.3, -0.25) is 4.99 Å². The minimum Gasteiger partial charge on any atom is -0.487 e. The molecule has 31 heavy (non-hydrogen) atoms. The molecule has 0 radical (unpaired) electrons. The molecule has 6 nitrogen and oxygen atoms in total. The van der Waals surface area contributed by atoms with Crippen LogP contribution in [0.2, 0.25) is 0 Å². The molecular weight excluding hydrogens is 525 g/mol. The van der Waals surface area contributed by atoms with E-state index in [1.54, 1.807) is 31.3 Å². The summed E-state index contributed by atoms with van der Waals surface area (Å²) in [4.78, 5) is 4.66. The third kappa shape index (κ3) is 5.52. The fraction of sp³-hybridized carbons (Fsp3) is 0.435. The summed E-state index contributed by atoms with van der Waals surface area (Å²) in [7, 11) is -1.62. The normalized spacial score (nSPS) is 19.8. The van der Waals surface area contributed by atoms with Crippen molar-refractivity contribution < 1.29 is 13.2 Å². The maximum Gasteiger partial charge on any atom is 0.191 e. The van der Waals surface area contributed by atoms with Crippen LogP contribution in [0.15, 0.2) is 64.5 Å². The van der Waals surface area contributed by atoms with Crippen molar-refractivity contribution in [3.63, 3.8) is 0 Å². The Kier molecular flexibility index (Phi) is 7.85. The number of nitrogens with one attached hydrogen (secondary N) is 2. The predicted octanol–water partition coefficient (Wildman–Crippen LogP) is 4.08. The molecule has 1 aliphatic heterocycles. The zero-order valence-electron chi connectivity index (χ0n) is 17.7. The predicted molar refractivity (Wildman–Crippen MR) is 134 cm³/mol. The summed E-state index contributed by atoms with van der Waals surface area (Å²) in [5.74, 6) is 1.55. The highest BCUT2D eigenvalue weighted by Gasteiger charge is 2.43. The molecule has 1 saturated carbocycles. The number of rotatable bonds is 5. The molecule has 1 heterocycles. The maximum atomic E-state index is 12.5. The van der Waals surface area contributed by atoms with Crippen molar-refractivity contribution >= 4 is 39.8 Å². The lowest BCUT2D eigenvalue weighted by Gasteiger charge is -2.40. The van der Waals surface area contributed by atoms with E-state index in [4.69, 9.17) is 4.74 Å². The SMILES string of the molecule is CN=C(NCCS(=O)(=O)c1ccccc1)NC1CC2(CCCC2)Oc2ccccc21.I. The van der Waals surface area contributed by atoms with E-state index in [2.05, 4.69) is 21.7 Å². The van der Waals surface area contributed by atoms with Crippen molar-refractivity contribution in [2.45, 2.75) is 48.6 Å². The fourth-order valence-electron chi connectivity index (χ4n) is 4.48. The number of hydrogen-bond donors (Lipinski definition) is 2. The Labute approximate surface area is 201 Å². The number of fused-ring (bicyclic) bond motifs is 1. The van der Waals surface area contributed by atoms with E-state index < -0.39 is 9.84 Å². The lowest BCUT2D eigenvalue weighted by molar-refractivity contribution is 0.0396. The molecule has 2 aromatic rings. The molecule has 1 unspecified atom stereocenters. The summed E-state index contributed by atoms with van der Waals surface area (Å²) in [6, 6.07) is 16.8. The summed E-state index contributed by atoms with van der Waals surface area (Å²) < 4.78 is 31.4. The number of sulfone groups is 1. The van der Waals surface area contributed by atoms with E-state index in [0.717, 1.165) is 30.6 Å². The molecule has 1 fully saturated rings. The van der Waals surface area contributed by atoms with Crippen LogP contribution >= 0.6 is 24.0 Å². The van der Waals surface area contributed by atoms with Gasteiger partial charge in [0.1, 0.15) is 11.4 Å². The lowest BCUT2D eigenvalue weighted by Crippen LogP contribution is -2.47.